The predicted octanol–water partition coefficient (Wildman–Crippen LogP) is 5.47. The van der Waals surface area contributed by atoms with Crippen LogP contribution < -0.4 is 5.73 Å². The molecule has 0 fully saturated rings. The highest BCUT2D eigenvalue weighted by Gasteiger charge is 2.01. The fourth-order valence-electron chi connectivity index (χ4n) is 2.68. The SMILES string of the molecule is Nc1ccc(-c2ccc(-c3ccc(CCCS)cc3)cc2)cc1. The molecule has 0 amide bonds. The van der Waals surface area contributed by atoms with Gasteiger partial charge in [-0.25, -0.2) is 0 Å². The zero-order valence-corrected chi connectivity index (χ0v) is 14.0. The summed E-state index contributed by atoms with van der Waals surface area (Å²) < 4.78 is 0. The standard InChI is InChI=1S/C21H21NS/c22-21-13-11-20(12-14-21)19-9-7-18(8-10-19)17-5-3-16(4-6-17)2-1-15-23/h3-14,23H,1-2,15,22H2. The first kappa shape index (κ1) is 15.7. The highest BCUT2D eigenvalue weighted by Crippen LogP contribution is 2.25. The molecular formula is C21H21NS. The minimum absolute atomic E-state index is 0.795. The van der Waals surface area contributed by atoms with Crippen molar-refractivity contribution in [3.8, 4) is 22.3 Å². The Kier molecular flexibility index (Phi) is 5.04. The molecule has 23 heavy (non-hydrogen) atoms. The minimum atomic E-state index is 0.795. The van der Waals surface area contributed by atoms with Gasteiger partial charge in [-0.15, -0.1) is 0 Å². The van der Waals surface area contributed by atoms with Crippen LogP contribution in [0, 0.1) is 0 Å². The van der Waals surface area contributed by atoms with Crippen molar-refractivity contribution in [1.29, 1.82) is 0 Å². The maximum Gasteiger partial charge on any atom is 0.0314 e. The topological polar surface area (TPSA) is 26.0 Å². The third-order valence-corrected chi connectivity index (χ3v) is 4.36. The molecule has 0 radical (unpaired) electrons. The van der Waals surface area contributed by atoms with Crippen LogP contribution in [-0.4, -0.2) is 5.75 Å². The van der Waals surface area contributed by atoms with Gasteiger partial charge >= 0.3 is 0 Å². The molecule has 0 aliphatic carbocycles. The second-order valence-corrected chi connectivity index (χ2v) is 6.17. The van der Waals surface area contributed by atoms with E-state index < -0.39 is 0 Å². The molecule has 0 atom stereocenters. The predicted molar refractivity (Wildman–Crippen MR) is 104 cm³/mol. The molecule has 0 aliphatic heterocycles. The number of thiol groups is 1. The average Bonchev–Trinajstić information content (AvgIpc) is 2.61. The van der Waals surface area contributed by atoms with E-state index in [0.29, 0.717) is 0 Å². The van der Waals surface area contributed by atoms with Gasteiger partial charge in [0.25, 0.3) is 0 Å². The van der Waals surface area contributed by atoms with Crippen molar-refractivity contribution in [2.45, 2.75) is 12.8 Å². The van der Waals surface area contributed by atoms with Crippen LogP contribution in [0.2, 0.25) is 0 Å². The number of aryl methyl sites for hydroxylation is 1. The van der Waals surface area contributed by atoms with Crippen molar-refractivity contribution in [2.24, 2.45) is 0 Å². The van der Waals surface area contributed by atoms with Gasteiger partial charge in [-0.1, -0.05) is 60.7 Å². The van der Waals surface area contributed by atoms with Crippen LogP contribution in [-0.2, 0) is 6.42 Å². The third kappa shape index (κ3) is 3.96. The van der Waals surface area contributed by atoms with E-state index in [9.17, 15) is 0 Å². The third-order valence-electron chi connectivity index (χ3n) is 4.04. The molecule has 3 rings (SSSR count). The van der Waals surface area contributed by atoms with Gasteiger partial charge < -0.3 is 5.73 Å². The van der Waals surface area contributed by atoms with Crippen molar-refractivity contribution >= 4 is 18.3 Å². The van der Waals surface area contributed by atoms with E-state index in [-0.39, 0.29) is 0 Å². The molecule has 0 saturated heterocycles. The number of anilines is 1. The summed E-state index contributed by atoms with van der Waals surface area (Å²) in [5.74, 6) is 0.939. The molecule has 116 valence electrons. The van der Waals surface area contributed by atoms with Gasteiger partial charge in [0.1, 0.15) is 0 Å². The molecule has 3 aromatic carbocycles. The Bertz CT molecular complexity index is 743. The molecule has 0 aliphatic rings. The maximum absolute atomic E-state index is 5.74. The summed E-state index contributed by atoms with van der Waals surface area (Å²) in [6, 6.07) is 25.5. The highest BCUT2D eigenvalue weighted by atomic mass is 32.1. The maximum atomic E-state index is 5.74. The fraction of sp³-hybridized carbons (Fsp3) is 0.143. The number of benzene rings is 3. The molecule has 1 nitrogen and oxygen atoms in total. The Morgan fingerprint density at radius 3 is 1.43 bits per heavy atom. The Morgan fingerprint density at radius 2 is 1.00 bits per heavy atom. The van der Waals surface area contributed by atoms with Crippen molar-refractivity contribution in [3.63, 3.8) is 0 Å². The van der Waals surface area contributed by atoms with Crippen LogP contribution in [0.15, 0.2) is 72.8 Å². The number of nitrogen functional groups attached to an aromatic ring is 1. The fourth-order valence-corrected chi connectivity index (χ4v) is 2.84. The monoisotopic (exact) mass is 319 g/mol. The molecule has 2 heteroatoms. The van der Waals surface area contributed by atoms with Crippen LogP contribution in [0.1, 0.15) is 12.0 Å². The van der Waals surface area contributed by atoms with E-state index in [2.05, 4.69) is 73.3 Å². The van der Waals surface area contributed by atoms with Crippen LogP contribution >= 0.6 is 12.6 Å². The number of hydrogen-bond donors (Lipinski definition) is 2. The molecule has 0 saturated carbocycles. The second-order valence-electron chi connectivity index (χ2n) is 5.72. The van der Waals surface area contributed by atoms with Crippen molar-refractivity contribution in [2.75, 3.05) is 11.5 Å². The quantitative estimate of drug-likeness (QED) is 0.473. The van der Waals surface area contributed by atoms with Crippen LogP contribution in [0.4, 0.5) is 5.69 Å². The van der Waals surface area contributed by atoms with Crippen LogP contribution in [0.5, 0.6) is 0 Å². The number of nitrogens with two attached hydrogens (primary N) is 1. The van der Waals surface area contributed by atoms with E-state index in [4.69, 9.17) is 5.73 Å². The lowest BCUT2D eigenvalue weighted by Crippen LogP contribution is -1.87. The largest absolute Gasteiger partial charge is 0.399 e. The van der Waals surface area contributed by atoms with Gasteiger partial charge in [0.15, 0.2) is 0 Å². The van der Waals surface area contributed by atoms with E-state index in [0.717, 1.165) is 24.3 Å². The van der Waals surface area contributed by atoms with Crippen molar-refractivity contribution in [1.82, 2.24) is 0 Å². The van der Waals surface area contributed by atoms with Crippen LogP contribution in [0.25, 0.3) is 22.3 Å². The second kappa shape index (κ2) is 7.38. The summed E-state index contributed by atoms with van der Waals surface area (Å²) in [5.41, 5.74) is 12.8. The lowest BCUT2D eigenvalue weighted by Gasteiger charge is -2.07. The van der Waals surface area contributed by atoms with E-state index >= 15 is 0 Å². The summed E-state index contributed by atoms with van der Waals surface area (Å²) in [4.78, 5) is 0. The number of rotatable bonds is 5. The molecule has 0 bridgehead atoms. The summed E-state index contributed by atoms with van der Waals surface area (Å²) in [6.45, 7) is 0. The lowest BCUT2D eigenvalue weighted by atomic mass is 9.99. The molecule has 0 spiro atoms. The van der Waals surface area contributed by atoms with Crippen LogP contribution in [0.3, 0.4) is 0 Å². The van der Waals surface area contributed by atoms with E-state index in [1.54, 1.807) is 0 Å². The summed E-state index contributed by atoms with van der Waals surface area (Å²) in [6.07, 6.45) is 2.22. The summed E-state index contributed by atoms with van der Waals surface area (Å²) in [5, 5.41) is 0. The van der Waals surface area contributed by atoms with Crippen molar-refractivity contribution < 1.29 is 0 Å². The zero-order chi connectivity index (χ0) is 16.1. The molecule has 2 N–H and O–H groups in total. The molecule has 3 aromatic rings. The van der Waals surface area contributed by atoms with Crippen molar-refractivity contribution in [3.05, 3.63) is 78.4 Å². The van der Waals surface area contributed by atoms with E-state index in [1.165, 1.54) is 27.8 Å². The number of hydrogen-bond acceptors (Lipinski definition) is 2. The molecule has 0 aromatic heterocycles. The Morgan fingerprint density at radius 1 is 0.609 bits per heavy atom. The van der Waals surface area contributed by atoms with Gasteiger partial charge in [-0.05, 0) is 58.5 Å². The summed E-state index contributed by atoms with van der Waals surface area (Å²) in [7, 11) is 0. The first-order chi connectivity index (χ1) is 11.3. The normalized spacial score (nSPS) is 10.7. The molecule has 0 heterocycles. The first-order valence-electron chi connectivity index (χ1n) is 7.92. The Labute approximate surface area is 143 Å². The molecule has 0 unspecified atom stereocenters. The average molecular weight is 319 g/mol. The zero-order valence-electron chi connectivity index (χ0n) is 13.1. The Hall–Kier alpha value is -2.19. The minimum Gasteiger partial charge on any atom is -0.399 e. The van der Waals surface area contributed by atoms with Gasteiger partial charge in [-0.3, -0.25) is 0 Å². The lowest BCUT2D eigenvalue weighted by molar-refractivity contribution is 0.936. The van der Waals surface area contributed by atoms with Gasteiger partial charge in [-0.2, -0.15) is 12.6 Å². The smallest absolute Gasteiger partial charge is 0.0314 e. The molecular weight excluding hydrogens is 298 g/mol. The van der Waals surface area contributed by atoms with E-state index in [1.807, 2.05) is 12.1 Å². The van der Waals surface area contributed by atoms with Gasteiger partial charge in [0, 0.05) is 5.69 Å². The highest BCUT2D eigenvalue weighted by molar-refractivity contribution is 7.80. The van der Waals surface area contributed by atoms with Gasteiger partial charge in [0.05, 0.1) is 0 Å². The first-order valence-corrected chi connectivity index (χ1v) is 8.56. The Balaban J connectivity index is 1.77. The van der Waals surface area contributed by atoms with Gasteiger partial charge in [0.2, 0.25) is 0 Å². The summed E-state index contributed by atoms with van der Waals surface area (Å²) >= 11 is 4.27.